The average molecular weight is 299 g/mol. The van der Waals surface area contributed by atoms with Gasteiger partial charge in [-0.3, -0.25) is 0 Å². The van der Waals surface area contributed by atoms with Crippen molar-refractivity contribution in [3.63, 3.8) is 0 Å². The number of nitrogens with zero attached hydrogens (tertiary/aromatic N) is 1. The van der Waals surface area contributed by atoms with Crippen LogP contribution in [0.4, 0.5) is 20.2 Å². The fraction of sp³-hybridized carbons (Fsp3) is 0.0769. The quantitative estimate of drug-likeness (QED) is 0.695. The summed E-state index contributed by atoms with van der Waals surface area (Å²) < 4.78 is 30.8. The van der Waals surface area contributed by atoms with Gasteiger partial charge in [-0.1, -0.05) is 11.6 Å². The first-order chi connectivity index (χ1) is 9.51. The summed E-state index contributed by atoms with van der Waals surface area (Å²) in [5.41, 5.74) is 0.410. The molecular weight excluding hydrogens is 290 g/mol. The van der Waals surface area contributed by atoms with Gasteiger partial charge >= 0.3 is 5.97 Å². The largest absolute Gasteiger partial charge is 0.465 e. The molecule has 1 aromatic heterocycles. The Bertz CT molecular complexity index is 665. The number of nitrogens with one attached hydrogen (secondary N) is 1. The molecule has 1 heterocycles. The third-order valence-electron chi connectivity index (χ3n) is 2.45. The molecular formula is C13H9ClF2N2O2. The standard InChI is InChI=1S/C13H9ClF2N2O2/c1-20-13(19)9-5-8(6-17-12(9)14)18-11-3-2-7(15)4-10(11)16/h2-6,18H,1H3. The second kappa shape index (κ2) is 5.83. The zero-order valence-corrected chi connectivity index (χ0v) is 11.0. The van der Waals surface area contributed by atoms with Crippen molar-refractivity contribution in [3.8, 4) is 0 Å². The highest BCUT2D eigenvalue weighted by atomic mass is 35.5. The highest BCUT2D eigenvalue weighted by Gasteiger charge is 2.13. The van der Waals surface area contributed by atoms with Crippen LogP contribution in [0.3, 0.4) is 0 Å². The molecule has 20 heavy (non-hydrogen) atoms. The average Bonchev–Trinajstić information content (AvgIpc) is 2.43. The van der Waals surface area contributed by atoms with E-state index in [1.807, 2.05) is 0 Å². The van der Waals surface area contributed by atoms with Gasteiger partial charge in [-0.25, -0.2) is 18.6 Å². The summed E-state index contributed by atoms with van der Waals surface area (Å²) in [6.07, 6.45) is 1.32. The highest BCUT2D eigenvalue weighted by Crippen LogP contribution is 2.23. The lowest BCUT2D eigenvalue weighted by Crippen LogP contribution is -2.05. The smallest absolute Gasteiger partial charge is 0.341 e. The fourth-order valence-electron chi connectivity index (χ4n) is 1.52. The molecule has 2 rings (SSSR count). The van der Waals surface area contributed by atoms with Gasteiger partial charge < -0.3 is 10.1 Å². The Kier molecular flexibility index (Phi) is 4.14. The molecule has 0 saturated heterocycles. The summed E-state index contributed by atoms with van der Waals surface area (Å²) >= 11 is 5.76. The van der Waals surface area contributed by atoms with Crippen molar-refractivity contribution in [2.24, 2.45) is 0 Å². The van der Waals surface area contributed by atoms with Crippen molar-refractivity contribution >= 4 is 28.9 Å². The number of aromatic nitrogens is 1. The molecule has 0 bridgehead atoms. The van der Waals surface area contributed by atoms with Crippen molar-refractivity contribution in [2.75, 3.05) is 12.4 Å². The minimum atomic E-state index is -0.764. The SMILES string of the molecule is COC(=O)c1cc(Nc2ccc(F)cc2F)cnc1Cl. The van der Waals surface area contributed by atoms with Crippen molar-refractivity contribution in [1.82, 2.24) is 4.98 Å². The van der Waals surface area contributed by atoms with Crippen molar-refractivity contribution in [1.29, 1.82) is 0 Å². The Morgan fingerprint density at radius 2 is 2.10 bits per heavy atom. The number of pyridine rings is 1. The maximum atomic E-state index is 13.5. The van der Waals surface area contributed by atoms with Gasteiger partial charge in [0.2, 0.25) is 0 Å². The zero-order valence-electron chi connectivity index (χ0n) is 10.3. The van der Waals surface area contributed by atoms with Crippen molar-refractivity contribution < 1.29 is 18.3 Å². The topological polar surface area (TPSA) is 51.2 Å². The molecule has 0 fully saturated rings. The molecule has 1 N–H and O–H groups in total. The van der Waals surface area contributed by atoms with E-state index in [1.54, 1.807) is 0 Å². The Balaban J connectivity index is 2.32. The van der Waals surface area contributed by atoms with E-state index < -0.39 is 17.6 Å². The fourth-order valence-corrected chi connectivity index (χ4v) is 1.70. The third-order valence-corrected chi connectivity index (χ3v) is 2.76. The molecule has 0 spiro atoms. The molecule has 7 heteroatoms. The number of halogens is 3. The number of carbonyl (C=O) groups is 1. The number of carbonyl (C=O) groups excluding carboxylic acids is 1. The Morgan fingerprint density at radius 3 is 2.75 bits per heavy atom. The number of ether oxygens (including phenoxy) is 1. The molecule has 0 aliphatic rings. The van der Waals surface area contributed by atoms with Crippen molar-refractivity contribution in [3.05, 3.63) is 52.8 Å². The maximum absolute atomic E-state index is 13.5. The molecule has 0 aliphatic heterocycles. The molecule has 0 saturated carbocycles. The second-order valence-electron chi connectivity index (χ2n) is 3.80. The van der Waals surface area contributed by atoms with E-state index in [0.717, 1.165) is 12.1 Å². The summed E-state index contributed by atoms with van der Waals surface area (Å²) in [7, 11) is 1.21. The molecule has 1 aromatic carbocycles. The zero-order chi connectivity index (χ0) is 14.7. The molecule has 0 radical (unpaired) electrons. The summed E-state index contributed by atoms with van der Waals surface area (Å²) in [4.78, 5) is 15.2. The Labute approximate surface area is 118 Å². The molecule has 104 valence electrons. The number of esters is 1. The third kappa shape index (κ3) is 3.03. The lowest BCUT2D eigenvalue weighted by atomic mass is 10.2. The molecule has 0 aliphatic carbocycles. The normalized spacial score (nSPS) is 10.2. The van der Waals surface area contributed by atoms with E-state index in [-0.39, 0.29) is 16.4 Å². The van der Waals surface area contributed by atoms with Crippen LogP contribution in [-0.4, -0.2) is 18.1 Å². The Morgan fingerprint density at radius 1 is 1.35 bits per heavy atom. The van der Waals surface area contributed by atoms with E-state index in [0.29, 0.717) is 5.69 Å². The number of anilines is 2. The first-order valence-electron chi connectivity index (χ1n) is 5.47. The number of methoxy groups -OCH3 is 1. The minimum absolute atomic E-state index is 0.0259. The van der Waals surface area contributed by atoms with Gasteiger partial charge in [0.25, 0.3) is 0 Å². The lowest BCUT2D eigenvalue weighted by Gasteiger charge is -2.09. The van der Waals surface area contributed by atoms with E-state index in [1.165, 1.54) is 25.4 Å². The molecule has 2 aromatic rings. The van der Waals surface area contributed by atoms with Crippen LogP contribution in [0.15, 0.2) is 30.5 Å². The van der Waals surface area contributed by atoms with Crippen LogP contribution in [0.25, 0.3) is 0 Å². The predicted molar refractivity (Wildman–Crippen MR) is 70.2 cm³/mol. The first-order valence-corrected chi connectivity index (χ1v) is 5.85. The highest BCUT2D eigenvalue weighted by molar-refractivity contribution is 6.32. The van der Waals surface area contributed by atoms with Crippen LogP contribution in [0.5, 0.6) is 0 Å². The van der Waals surface area contributed by atoms with Crippen LogP contribution in [0.2, 0.25) is 5.15 Å². The monoisotopic (exact) mass is 298 g/mol. The van der Waals surface area contributed by atoms with Crippen LogP contribution >= 0.6 is 11.6 Å². The van der Waals surface area contributed by atoms with Crippen LogP contribution in [0.1, 0.15) is 10.4 Å². The predicted octanol–water partition coefficient (Wildman–Crippen LogP) is 3.54. The number of hydrogen-bond donors (Lipinski definition) is 1. The van der Waals surface area contributed by atoms with Gasteiger partial charge in [0.05, 0.1) is 30.2 Å². The Hall–Kier alpha value is -2.21. The van der Waals surface area contributed by atoms with Gasteiger partial charge in [-0.15, -0.1) is 0 Å². The van der Waals surface area contributed by atoms with Gasteiger partial charge in [0.1, 0.15) is 16.8 Å². The van der Waals surface area contributed by atoms with Gasteiger partial charge in [-0.2, -0.15) is 0 Å². The number of hydrogen-bond acceptors (Lipinski definition) is 4. The molecule has 0 atom stereocenters. The van der Waals surface area contributed by atoms with E-state index in [9.17, 15) is 13.6 Å². The van der Waals surface area contributed by atoms with Crippen LogP contribution in [0, 0.1) is 11.6 Å². The summed E-state index contributed by atoms with van der Waals surface area (Å²) in [5.74, 6) is -2.11. The number of benzene rings is 1. The van der Waals surface area contributed by atoms with Crippen LogP contribution < -0.4 is 5.32 Å². The van der Waals surface area contributed by atoms with Gasteiger partial charge in [0.15, 0.2) is 0 Å². The summed E-state index contributed by atoms with van der Waals surface area (Å²) in [5, 5.41) is 2.65. The number of rotatable bonds is 3. The van der Waals surface area contributed by atoms with E-state index in [4.69, 9.17) is 11.6 Å². The first kappa shape index (κ1) is 14.2. The summed E-state index contributed by atoms with van der Waals surface area (Å²) in [6, 6.07) is 4.45. The second-order valence-corrected chi connectivity index (χ2v) is 4.16. The van der Waals surface area contributed by atoms with Gasteiger partial charge in [-0.05, 0) is 18.2 Å². The minimum Gasteiger partial charge on any atom is -0.465 e. The molecule has 4 nitrogen and oxygen atoms in total. The molecule has 0 unspecified atom stereocenters. The lowest BCUT2D eigenvalue weighted by molar-refractivity contribution is 0.0600. The molecule has 0 amide bonds. The van der Waals surface area contributed by atoms with Gasteiger partial charge in [0, 0.05) is 6.07 Å². The van der Waals surface area contributed by atoms with E-state index >= 15 is 0 Å². The summed E-state index contributed by atoms with van der Waals surface area (Å²) in [6.45, 7) is 0. The van der Waals surface area contributed by atoms with E-state index in [2.05, 4.69) is 15.0 Å². The van der Waals surface area contributed by atoms with Crippen molar-refractivity contribution in [2.45, 2.75) is 0 Å². The van der Waals surface area contributed by atoms with Crippen LogP contribution in [-0.2, 0) is 4.74 Å². The maximum Gasteiger partial charge on any atom is 0.341 e.